The standard InChI is InChI=1S/C18H17ClF4N6O3/c1-7-14(15(19)27-26-7)25-17(31)10-4-11(20)9(16-24-13(6-30)29(3)28-16)5-12(10)32-8(2)18(21,22)23/h4-5,8,30H,6H2,1-3H3,(H,25,31)(H,26,27). The largest absolute Gasteiger partial charge is 0.480 e. The van der Waals surface area contributed by atoms with Crippen LogP contribution in [0.4, 0.5) is 23.2 Å². The first-order valence-electron chi connectivity index (χ1n) is 9.02. The molecule has 1 atom stereocenters. The van der Waals surface area contributed by atoms with Crippen LogP contribution in [0.2, 0.25) is 5.15 Å². The van der Waals surface area contributed by atoms with Crippen molar-refractivity contribution in [2.75, 3.05) is 5.32 Å². The quantitative estimate of drug-likeness (QED) is 0.469. The van der Waals surface area contributed by atoms with Gasteiger partial charge in [-0.3, -0.25) is 14.6 Å². The van der Waals surface area contributed by atoms with E-state index in [4.69, 9.17) is 16.3 Å². The third-order valence-corrected chi connectivity index (χ3v) is 4.73. The molecule has 0 aliphatic heterocycles. The van der Waals surface area contributed by atoms with Gasteiger partial charge in [-0.15, -0.1) is 0 Å². The first-order chi connectivity index (χ1) is 14.9. The van der Waals surface area contributed by atoms with Crippen LogP contribution in [-0.4, -0.2) is 48.3 Å². The highest BCUT2D eigenvalue weighted by Gasteiger charge is 2.39. The molecule has 3 N–H and O–H groups in total. The average Bonchev–Trinajstić information content (AvgIpc) is 3.24. The van der Waals surface area contributed by atoms with Crippen LogP contribution >= 0.6 is 11.6 Å². The van der Waals surface area contributed by atoms with Gasteiger partial charge in [0.25, 0.3) is 5.91 Å². The van der Waals surface area contributed by atoms with Crippen LogP contribution < -0.4 is 10.1 Å². The van der Waals surface area contributed by atoms with Crippen molar-refractivity contribution in [3.63, 3.8) is 0 Å². The number of amides is 1. The molecule has 1 aromatic carbocycles. The van der Waals surface area contributed by atoms with Crippen LogP contribution in [-0.2, 0) is 13.7 Å². The maximum atomic E-state index is 14.9. The van der Waals surface area contributed by atoms with Gasteiger partial charge in [-0.05, 0) is 26.0 Å². The second-order valence-corrected chi connectivity index (χ2v) is 7.09. The summed E-state index contributed by atoms with van der Waals surface area (Å²) < 4.78 is 60.3. The lowest BCUT2D eigenvalue weighted by molar-refractivity contribution is -0.189. The van der Waals surface area contributed by atoms with Crippen molar-refractivity contribution >= 4 is 23.2 Å². The Labute approximate surface area is 183 Å². The molecule has 0 aliphatic rings. The predicted molar refractivity (Wildman–Crippen MR) is 105 cm³/mol. The van der Waals surface area contributed by atoms with E-state index in [1.807, 2.05) is 0 Å². The van der Waals surface area contributed by atoms with Gasteiger partial charge in [0.1, 0.15) is 23.9 Å². The fourth-order valence-electron chi connectivity index (χ4n) is 2.65. The smallest absolute Gasteiger partial charge is 0.425 e. The number of hydrogen-bond acceptors (Lipinski definition) is 6. The van der Waals surface area contributed by atoms with Crippen LogP contribution in [0.1, 0.15) is 28.8 Å². The minimum absolute atomic E-state index is 0.0787. The van der Waals surface area contributed by atoms with Crippen molar-refractivity contribution < 1.29 is 32.2 Å². The molecule has 3 aromatic rings. The van der Waals surface area contributed by atoms with Gasteiger partial charge in [0.2, 0.25) is 0 Å². The van der Waals surface area contributed by atoms with Crippen LogP contribution in [0.15, 0.2) is 12.1 Å². The number of rotatable bonds is 6. The van der Waals surface area contributed by atoms with Gasteiger partial charge in [0.05, 0.1) is 16.8 Å². The lowest BCUT2D eigenvalue weighted by Gasteiger charge is -2.20. The molecule has 14 heteroatoms. The van der Waals surface area contributed by atoms with E-state index in [2.05, 4.69) is 25.6 Å². The molecule has 0 saturated heterocycles. The first kappa shape index (κ1) is 23.5. The molecule has 172 valence electrons. The molecular formula is C18H17ClF4N6O3. The molecule has 0 saturated carbocycles. The van der Waals surface area contributed by atoms with Crippen molar-refractivity contribution in [3.8, 4) is 17.1 Å². The van der Waals surface area contributed by atoms with Gasteiger partial charge < -0.3 is 15.2 Å². The van der Waals surface area contributed by atoms with Crippen molar-refractivity contribution in [2.24, 2.45) is 7.05 Å². The van der Waals surface area contributed by atoms with E-state index < -0.39 is 41.9 Å². The third kappa shape index (κ3) is 4.67. The second kappa shape index (κ2) is 8.74. The van der Waals surface area contributed by atoms with Gasteiger partial charge in [0.15, 0.2) is 22.9 Å². The Morgan fingerprint density at radius 2 is 2.09 bits per heavy atom. The Morgan fingerprint density at radius 1 is 1.41 bits per heavy atom. The fourth-order valence-corrected chi connectivity index (χ4v) is 2.88. The number of H-pyrrole nitrogens is 1. The number of aromatic amines is 1. The number of aliphatic hydroxyl groups excluding tert-OH is 1. The molecule has 0 aliphatic carbocycles. The number of aryl methyl sites for hydroxylation is 2. The summed E-state index contributed by atoms with van der Waals surface area (Å²) in [4.78, 5) is 16.7. The zero-order valence-electron chi connectivity index (χ0n) is 16.9. The summed E-state index contributed by atoms with van der Waals surface area (Å²) in [5, 5.41) is 21.7. The number of anilines is 1. The molecule has 0 bridgehead atoms. The van der Waals surface area contributed by atoms with Gasteiger partial charge in [-0.2, -0.15) is 23.4 Å². The molecular weight excluding hydrogens is 460 g/mol. The Hall–Kier alpha value is -3.19. The van der Waals surface area contributed by atoms with E-state index in [0.717, 1.165) is 13.0 Å². The lowest BCUT2D eigenvalue weighted by Crippen LogP contribution is -2.32. The maximum Gasteiger partial charge on any atom is 0.425 e. The summed E-state index contributed by atoms with van der Waals surface area (Å²) in [6.45, 7) is 1.79. The minimum atomic E-state index is -4.75. The number of benzene rings is 1. The summed E-state index contributed by atoms with van der Waals surface area (Å²) in [6.07, 6.45) is -7.06. The number of hydrogen-bond donors (Lipinski definition) is 3. The molecule has 0 spiro atoms. The summed E-state index contributed by atoms with van der Waals surface area (Å²) in [5.41, 5.74) is -0.383. The number of carbonyl (C=O) groups is 1. The third-order valence-electron chi connectivity index (χ3n) is 4.46. The number of nitrogens with zero attached hydrogens (tertiary/aromatic N) is 4. The van der Waals surface area contributed by atoms with Crippen molar-refractivity contribution in [2.45, 2.75) is 32.7 Å². The Bertz CT molecular complexity index is 1140. The number of aliphatic hydroxyl groups is 1. The summed E-state index contributed by atoms with van der Waals surface area (Å²) in [6, 6.07) is 1.61. The highest BCUT2D eigenvalue weighted by molar-refractivity contribution is 6.33. The lowest BCUT2D eigenvalue weighted by atomic mass is 10.1. The number of carbonyl (C=O) groups excluding carboxylic acids is 1. The topological polar surface area (TPSA) is 118 Å². The van der Waals surface area contributed by atoms with E-state index in [1.54, 1.807) is 6.92 Å². The Kier molecular flexibility index (Phi) is 6.41. The molecule has 9 nitrogen and oxygen atoms in total. The van der Waals surface area contributed by atoms with Crippen LogP contribution in [0.3, 0.4) is 0 Å². The van der Waals surface area contributed by atoms with E-state index in [-0.39, 0.29) is 28.1 Å². The molecule has 0 fully saturated rings. The summed E-state index contributed by atoms with van der Waals surface area (Å²) in [5.74, 6) is -2.64. The van der Waals surface area contributed by atoms with E-state index >= 15 is 0 Å². The average molecular weight is 477 g/mol. The van der Waals surface area contributed by atoms with Gasteiger partial charge in [0, 0.05) is 7.05 Å². The van der Waals surface area contributed by atoms with E-state index in [9.17, 15) is 27.5 Å². The Morgan fingerprint density at radius 3 is 2.62 bits per heavy atom. The molecule has 1 amide bonds. The zero-order chi connectivity index (χ0) is 23.8. The number of halogens is 5. The minimum Gasteiger partial charge on any atom is -0.480 e. The number of aromatic nitrogens is 5. The van der Waals surface area contributed by atoms with Crippen molar-refractivity contribution in [3.05, 3.63) is 40.2 Å². The zero-order valence-corrected chi connectivity index (χ0v) is 17.6. The normalized spacial score (nSPS) is 12.7. The van der Waals surface area contributed by atoms with Crippen LogP contribution in [0.25, 0.3) is 11.4 Å². The monoisotopic (exact) mass is 476 g/mol. The fraction of sp³-hybridized carbons (Fsp3) is 0.333. The molecule has 2 heterocycles. The number of alkyl halides is 3. The van der Waals surface area contributed by atoms with Crippen molar-refractivity contribution in [1.82, 2.24) is 25.0 Å². The first-order valence-corrected chi connectivity index (χ1v) is 9.40. The molecule has 0 radical (unpaired) electrons. The SMILES string of the molecule is Cc1[nH]nc(Cl)c1NC(=O)c1cc(F)c(-c2nc(CO)n(C)n2)cc1OC(C)C(F)(F)F. The highest BCUT2D eigenvalue weighted by atomic mass is 35.5. The van der Waals surface area contributed by atoms with Crippen LogP contribution in [0.5, 0.6) is 5.75 Å². The predicted octanol–water partition coefficient (Wildman–Crippen LogP) is 3.38. The van der Waals surface area contributed by atoms with E-state index in [0.29, 0.717) is 11.8 Å². The van der Waals surface area contributed by atoms with Gasteiger partial charge >= 0.3 is 6.18 Å². The number of ether oxygens (including phenoxy) is 1. The highest BCUT2D eigenvalue weighted by Crippen LogP contribution is 2.33. The summed E-state index contributed by atoms with van der Waals surface area (Å²) in [7, 11) is 1.45. The summed E-state index contributed by atoms with van der Waals surface area (Å²) >= 11 is 5.88. The molecule has 32 heavy (non-hydrogen) atoms. The van der Waals surface area contributed by atoms with Crippen molar-refractivity contribution in [1.29, 1.82) is 0 Å². The molecule has 1 unspecified atom stereocenters. The van der Waals surface area contributed by atoms with Crippen LogP contribution in [0, 0.1) is 12.7 Å². The number of nitrogens with one attached hydrogen (secondary N) is 2. The molecule has 3 rings (SSSR count). The second-order valence-electron chi connectivity index (χ2n) is 6.73. The Balaban J connectivity index is 2.08. The molecule has 2 aromatic heterocycles. The van der Waals surface area contributed by atoms with E-state index in [1.165, 1.54) is 11.7 Å². The van der Waals surface area contributed by atoms with Gasteiger partial charge in [-0.1, -0.05) is 11.6 Å². The maximum absolute atomic E-state index is 14.9. The van der Waals surface area contributed by atoms with Gasteiger partial charge in [-0.25, -0.2) is 9.37 Å².